The molecule has 0 spiro atoms. The van der Waals surface area contributed by atoms with Crippen LogP contribution in [0.25, 0.3) is 0 Å². The fourth-order valence-corrected chi connectivity index (χ4v) is 4.23. The van der Waals surface area contributed by atoms with Gasteiger partial charge in [-0.15, -0.1) is 11.8 Å². The summed E-state index contributed by atoms with van der Waals surface area (Å²) in [7, 11) is 0. The summed E-state index contributed by atoms with van der Waals surface area (Å²) >= 11 is 1.70. The Bertz CT molecular complexity index is 1020. The Balaban J connectivity index is 1.74. The first-order valence-corrected chi connectivity index (χ1v) is 10.9. The number of ether oxygens (including phenoxy) is 1. The lowest BCUT2D eigenvalue weighted by Gasteiger charge is -2.16. The number of thioether (sulfide) groups is 1. The van der Waals surface area contributed by atoms with Gasteiger partial charge in [0.15, 0.2) is 0 Å². The molecule has 0 atom stereocenters. The third-order valence-electron chi connectivity index (χ3n) is 4.81. The SMILES string of the molecule is CCOc1ccc(SCc2cccc(Nc3ccc(C(F)(F)F)cc3)c2CN)cc1C. The lowest BCUT2D eigenvalue weighted by molar-refractivity contribution is -0.137. The molecule has 0 aliphatic rings. The van der Waals surface area contributed by atoms with Gasteiger partial charge in [0.25, 0.3) is 0 Å². The zero-order valence-electron chi connectivity index (χ0n) is 17.4. The minimum Gasteiger partial charge on any atom is -0.494 e. The van der Waals surface area contributed by atoms with Crippen molar-refractivity contribution in [1.29, 1.82) is 0 Å². The van der Waals surface area contributed by atoms with Crippen LogP contribution in [0.15, 0.2) is 65.6 Å². The summed E-state index contributed by atoms with van der Waals surface area (Å²) in [6.07, 6.45) is -4.35. The number of nitrogens with two attached hydrogens (primary N) is 1. The summed E-state index contributed by atoms with van der Waals surface area (Å²) in [5.41, 5.74) is 9.83. The molecule has 0 bridgehead atoms. The summed E-state index contributed by atoms with van der Waals surface area (Å²) in [6.45, 7) is 4.94. The molecule has 3 N–H and O–H groups in total. The summed E-state index contributed by atoms with van der Waals surface area (Å²) in [5.74, 6) is 1.61. The van der Waals surface area contributed by atoms with Crippen LogP contribution in [0.3, 0.4) is 0 Å². The average molecular weight is 447 g/mol. The van der Waals surface area contributed by atoms with Crippen LogP contribution in [0.5, 0.6) is 5.75 Å². The summed E-state index contributed by atoms with van der Waals surface area (Å²) in [4.78, 5) is 1.13. The highest BCUT2D eigenvalue weighted by Gasteiger charge is 2.29. The fourth-order valence-electron chi connectivity index (χ4n) is 3.22. The van der Waals surface area contributed by atoms with E-state index in [0.717, 1.165) is 50.9 Å². The Hall–Kier alpha value is -2.64. The van der Waals surface area contributed by atoms with E-state index in [1.807, 2.05) is 44.2 Å². The smallest absolute Gasteiger partial charge is 0.416 e. The van der Waals surface area contributed by atoms with E-state index in [1.165, 1.54) is 12.1 Å². The fraction of sp³-hybridized carbons (Fsp3) is 0.250. The predicted octanol–water partition coefficient (Wildman–Crippen LogP) is 6.91. The van der Waals surface area contributed by atoms with Crippen LogP contribution in [0.2, 0.25) is 0 Å². The van der Waals surface area contributed by atoms with Crippen molar-refractivity contribution in [1.82, 2.24) is 0 Å². The number of aryl methyl sites for hydroxylation is 1. The van der Waals surface area contributed by atoms with Gasteiger partial charge in [-0.05, 0) is 79.1 Å². The van der Waals surface area contributed by atoms with Crippen LogP contribution in [-0.4, -0.2) is 6.61 Å². The molecule has 0 aliphatic carbocycles. The first-order chi connectivity index (χ1) is 14.8. The third-order valence-corrected chi connectivity index (χ3v) is 5.85. The lowest BCUT2D eigenvalue weighted by Crippen LogP contribution is -2.07. The average Bonchev–Trinajstić information content (AvgIpc) is 2.74. The zero-order chi connectivity index (χ0) is 22.4. The Labute approximate surface area is 184 Å². The van der Waals surface area contributed by atoms with E-state index in [1.54, 1.807) is 11.8 Å². The molecule has 0 amide bonds. The van der Waals surface area contributed by atoms with Gasteiger partial charge in [0.05, 0.1) is 12.2 Å². The standard InChI is InChI=1S/C24H25F3N2OS/c1-3-30-23-12-11-20(13-16(23)2)31-15-17-5-4-6-22(21(17)14-28)29-19-9-7-18(8-10-19)24(25,26)27/h4-13,29H,3,14-15,28H2,1-2H3. The molecule has 0 heterocycles. The Morgan fingerprint density at radius 3 is 2.39 bits per heavy atom. The second kappa shape index (κ2) is 10.1. The molecule has 3 aromatic carbocycles. The van der Waals surface area contributed by atoms with Gasteiger partial charge in [0, 0.05) is 28.6 Å². The highest BCUT2D eigenvalue weighted by Crippen LogP contribution is 2.33. The van der Waals surface area contributed by atoms with Gasteiger partial charge in [0.1, 0.15) is 5.75 Å². The van der Waals surface area contributed by atoms with Gasteiger partial charge in [-0.3, -0.25) is 0 Å². The number of benzene rings is 3. The van der Waals surface area contributed by atoms with Gasteiger partial charge in [-0.25, -0.2) is 0 Å². The maximum atomic E-state index is 12.8. The molecule has 0 saturated carbocycles. The van der Waals surface area contributed by atoms with Crippen LogP contribution in [0.1, 0.15) is 29.2 Å². The Kier molecular flexibility index (Phi) is 7.51. The van der Waals surface area contributed by atoms with Gasteiger partial charge >= 0.3 is 6.18 Å². The van der Waals surface area contributed by atoms with Gasteiger partial charge in [-0.1, -0.05) is 12.1 Å². The van der Waals surface area contributed by atoms with E-state index in [-0.39, 0.29) is 0 Å². The second-order valence-corrected chi connectivity index (χ2v) is 8.05. The van der Waals surface area contributed by atoms with Crippen molar-refractivity contribution in [2.75, 3.05) is 11.9 Å². The maximum absolute atomic E-state index is 12.8. The van der Waals surface area contributed by atoms with Crippen LogP contribution < -0.4 is 15.8 Å². The summed E-state index contributed by atoms with van der Waals surface area (Å²) < 4.78 is 43.9. The highest BCUT2D eigenvalue weighted by molar-refractivity contribution is 7.98. The summed E-state index contributed by atoms with van der Waals surface area (Å²) in [6, 6.07) is 16.9. The van der Waals surface area contributed by atoms with Crippen molar-refractivity contribution in [3.05, 3.63) is 82.9 Å². The largest absolute Gasteiger partial charge is 0.494 e. The molecule has 7 heteroatoms. The van der Waals surface area contributed by atoms with Crippen molar-refractivity contribution in [2.45, 2.75) is 37.2 Å². The van der Waals surface area contributed by atoms with E-state index in [2.05, 4.69) is 11.4 Å². The monoisotopic (exact) mass is 446 g/mol. The van der Waals surface area contributed by atoms with Crippen LogP contribution in [-0.2, 0) is 18.5 Å². The quantitative estimate of drug-likeness (QED) is 0.369. The van der Waals surface area contributed by atoms with Crippen LogP contribution in [0, 0.1) is 6.92 Å². The van der Waals surface area contributed by atoms with Crippen molar-refractivity contribution >= 4 is 23.1 Å². The van der Waals surface area contributed by atoms with Crippen LogP contribution in [0.4, 0.5) is 24.5 Å². The van der Waals surface area contributed by atoms with Crippen molar-refractivity contribution < 1.29 is 17.9 Å². The molecule has 0 fully saturated rings. The van der Waals surface area contributed by atoms with Gasteiger partial charge in [-0.2, -0.15) is 13.2 Å². The Morgan fingerprint density at radius 2 is 1.77 bits per heavy atom. The van der Waals surface area contributed by atoms with E-state index in [9.17, 15) is 13.2 Å². The molecule has 0 radical (unpaired) electrons. The molecule has 31 heavy (non-hydrogen) atoms. The van der Waals surface area contributed by atoms with Crippen molar-refractivity contribution in [3.63, 3.8) is 0 Å². The van der Waals surface area contributed by atoms with Crippen molar-refractivity contribution in [2.24, 2.45) is 5.73 Å². The lowest BCUT2D eigenvalue weighted by atomic mass is 10.1. The number of halogens is 3. The minimum absolute atomic E-state index is 0.321. The van der Waals surface area contributed by atoms with Gasteiger partial charge in [0.2, 0.25) is 0 Å². The van der Waals surface area contributed by atoms with E-state index in [4.69, 9.17) is 10.5 Å². The third kappa shape index (κ3) is 5.95. The molecule has 0 saturated heterocycles. The molecule has 3 aromatic rings. The molecule has 164 valence electrons. The topological polar surface area (TPSA) is 47.3 Å². The molecule has 3 rings (SSSR count). The maximum Gasteiger partial charge on any atom is 0.416 e. The molecule has 3 nitrogen and oxygen atoms in total. The molecule has 0 aliphatic heterocycles. The zero-order valence-corrected chi connectivity index (χ0v) is 18.2. The number of rotatable bonds is 8. The first-order valence-electron chi connectivity index (χ1n) is 9.93. The number of alkyl halides is 3. The Morgan fingerprint density at radius 1 is 1.03 bits per heavy atom. The minimum atomic E-state index is -4.35. The highest BCUT2D eigenvalue weighted by atomic mass is 32.2. The summed E-state index contributed by atoms with van der Waals surface area (Å²) in [5, 5.41) is 3.20. The molecule has 0 unspecified atom stereocenters. The molecular formula is C24H25F3N2OS. The predicted molar refractivity (Wildman–Crippen MR) is 121 cm³/mol. The second-order valence-electron chi connectivity index (χ2n) is 7.00. The van der Waals surface area contributed by atoms with Gasteiger partial charge < -0.3 is 15.8 Å². The molecule has 0 aromatic heterocycles. The number of hydrogen-bond acceptors (Lipinski definition) is 4. The molecular weight excluding hydrogens is 421 g/mol. The normalized spacial score (nSPS) is 11.4. The van der Waals surface area contributed by atoms with Crippen LogP contribution >= 0.6 is 11.8 Å². The van der Waals surface area contributed by atoms with Crippen molar-refractivity contribution in [3.8, 4) is 5.75 Å². The number of hydrogen-bond donors (Lipinski definition) is 2. The van der Waals surface area contributed by atoms with E-state index < -0.39 is 11.7 Å². The van der Waals surface area contributed by atoms with E-state index >= 15 is 0 Å². The first kappa shape index (κ1) is 23.0. The number of anilines is 2. The number of nitrogens with one attached hydrogen (secondary N) is 1. The van der Waals surface area contributed by atoms with E-state index in [0.29, 0.717) is 18.8 Å².